The van der Waals surface area contributed by atoms with Crippen molar-refractivity contribution >= 4 is 29.9 Å². The molecule has 2 fully saturated rings. The molecule has 0 bridgehead atoms. The predicted molar refractivity (Wildman–Crippen MR) is 126 cm³/mol. The van der Waals surface area contributed by atoms with Gasteiger partial charge in [0.25, 0.3) is 0 Å². The Morgan fingerprint density at radius 2 is 1.89 bits per heavy atom. The number of halogens is 1. The molecule has 1 aromatic rings. The Morgan fingerprint density at radius 3 is 2.54 bits per heavy atom. The quantitative estimate of drug-likeness (QED) is 0.325. The maximum Gasteiger partial charge on any atom is 0.191 e. The lowest BCUT2D eigenvalue weighted by Crippen LogP contribution is -2.45. The Kier molecular flexibility index (Phi) is 9.98. The smallest absolute Gasteiger partial charge is 0.191 e. The zero-order valence-corrected chi connectivity index (χ0v) is 19.8. The van der Waals surface area contributed by atoms with Gasteiger partial charge in [-0.05, 0) is 37.9 Å². The molecule has 1 saturated heterocycles. The largest absolute Gasteiger partial charge is 0.379 e. The van der Waals surface area contributed by atoms with Crippen LogP contribution in [0.3, 0.4) is 0 Å². The van der Waals surface area contributed by atoms with Gasteiger partial charge in [-0.15, -0.1) is 24.0 Å². The highest BCUT2D eigenvalue weighted by Crippen LogP contribution is 2.26. The van der Waals surface area contributed by atoms with Gasteiger partial charge in [-0.3, -0.25) is 14.8 Å². The van der Waals surface area contributed by atoms with E-state index in [0.717, 1.165) is 57.9 Å². The Bertz CT molecular complexity index is 617. The van der Waals surface area contributed by atoms with Crippen LogP contribution in [-0.2, 0) is 17.8 Å². The highest BCUT2D eigenvalue weighted by molar-refractivity contribution is 14.0. The SMILES string of the molecule is CN=C(NCc1ccccc1CN1CCOCC1)NCC(C)N(C)C1CC1.I. The molecule has 1 heterocycles. The second-order valence-corrected chi connectivity index (χ2v) is 7.71. The van der Waals surface area contributed by atoms with Crippen molar-refractivity contribution in [1.82, 2.24) is 20.4 Å². The van der Waals surface area contributed by atoms with Crippen LogP contribution >= 0.6 is 24.0 Å². The molecule has 0 radical (unpaired) electrons. The summed E-state index contributed by atoms with van der Waals surface area (Å²) in [5, 5.41) is 6.95. The molecule has 158 valence electrons. The van der Waals surface area contributed by atoms with Crippen LogP contribution in [0.1, 0.15) is 30.9 Å². The van der Waals surface area contributed by atoms with E-state index in [2.05, 4.69) is 63.7 Å². The molecule has 1 aliphatic carbocycles. The van der Waals surface area contributed by atoms with E-state index in [1.807, 2.05) is 7.05 Å². The minimum absolute atomic E-state index is 0. The summed E-state index contributed by atoms with van der Waals surface area (Å²) >= 11 is 0. The normalized spacial score (nSPS) is 19.2. The minimum Gasteiger partial charge on any atom is -0.379 e. The van der Waals surface area contributed by atoms with Crippen molar-refractivity contribution in [1.29, 1.82) is 0 Å². The molecule has 6 nitrogen and oxygen atoms in total. The number of nitrogens with zero attached hydrogens (tertiary/aromatic N) is 3. The number of hydrogen-bond acceptors (Lipinski definition) is 4. The van der Waals surface area contributed by atoms with E-state index in [9.17, 15) is 0 Å². The third kappa shape index (κ3) is 7.17. The number of rotatable bonds is 8. The van der Waals surface area contributed by atoms with E-state index >= 15 is 0 Å². The molecule has 7 heteroatoms. The van der Waals surface area contributed by atoms with E-state index in [-0.39, 0.29) is 24.0 Å². The molecule has 1 saturated carbocycles. The molecule has 1 aliphatic heterocycles. The summed E-state index contributed by atoms with van der Waals surface area (Å²) < 4.78 is 5.46. The average Bonchev–Trinajstić information content (AvgIpc) is 3.54. The number of nitrogens with one attached hydrogen (secondary N) is 2. The molecule has 0 spiro atoms. The Morgan fingerprint density at radius 1 is 1.21 bits per heavy atom. The highest BCUT2D eigenvalue weighted by Gasteiger charge is 2.28. The Balaban J connectivity index is 0.00000280. The number of aliphatic imine (C=N–C) groups is 1. The second kappa shape index (κ2) is 11.9. The molecule has 1 atom stereocenters. The van der Waals surface area contributed by atoms with Gasteiger partial charge in [-0.25, -0.2) is 0 Å². The Hall–Kier alpha value is -0.900. The molecular formula is C21H36IN5O. The number of guanidine groups is 1. The van der Waals surface area contributed by atoms with E-state index in [4.69, 9.17) is 4.74 Å². The van der Waals surface area contributed by atoms with E-state index < -0.39 is 0 Å². The zero-order valence-electron chi connectivity index (χ0n) is 17.5. The van der Waals surface area contributed by atoms with Gasteiger partial charge < -0.3 is 15.4 Å². The Labute approximate surface area is 187 Å². The third-order valence-electron chi connectivity index (χ3n) is 5.67. The van der Waals surface area contributed by atoms with Crippen LogP contribution in [-0.4, -0.2) is 74.8 Å². The lowest BCUT2D eigenvalue weighted by molar-refractivity contribution is 0.0341. The van der Waals surface area contributed by atoms with Crippen LogP contribution < -0.4 is 10.6 Å². The van der Waals surface area contributed by atoms with Crippen molar-refractivity contribution in [2.24, 2.45) is 4.99 Å². The van der Waals surface area contributed by atoms with Gasteiger partial charge in [0.1, 0.15) is 0 Å². The first kappa shape index (κ1) is 23.4. The number of benzene rings is 1. The molecule has 1 unspecified atom stereocenters. The number of likely N-dealkylation sites (N-methyl/N-ethyl adjacent to an activating group) is 1. The topological polar surface area (TPSA) is 52.1 Å². The fraction of sp³-hybridized carbons (Fsp3) is 0.667. The van der Waals surface area contributed by atoms with Gasteiger partial charge in [0.15, 0.2) is 5.96 Å². The van der Waals surface area contributed by atoms with Gasteiger partial charge in [0.05, 0.1) is 13.2 Å². The number of morpholine rings is 1. The fourth-order valence-electron chi connectivity index (χ4n) is 3.51. The standard InChI is InChI=1S/C21H35N5O.HI/c1-17(25(3)20-8-9-20)14-23-21(22-2)24-15-18-6-4-5-7-19(18)16-26-10-12-27-13-11-26;/h4-7,17,20H,8-16H2,1-3H3,(H2,22,23,24);1H. The van der Waals surface area contributed by atoms with Crippen molar-refractivity contribution in [2.75, 3.05) is 46.9 Å². The van der Waals surface area contributed by atoms with Crippen molar-refractivity contribution in [3.8, 4) is 0 Å². The van der Waals surface area contributed by atoms with Crippen molar-refractivity contribution in [2.45, 2.75) is 44.9 Å². The van der Waals surface area contributed by atoms with Crippen LogP contribution in [0.2, 0.25) is 0 Å². The molecule has 2 N–H and O–H groups in total. The van der Waals surface area contributed by atoms with Gasteiger partial charge in [0, 0.05) is 51.9 Å². The van der Waals surface area contributed by atoms with Gasteiger partial charge in [-0.1, -0.05) is 24.3 Å². The molecule has 28 heavy (non-hydrogen) atoms. The van der Waals surface area contributed by atoms with E-state index in [1.54, 1.807) is 0 Å². The zero-order chi connectivity index (χ0) is 19.1. The van der Waals surface area contributed by atoms with Crippen LogP contribution in [0.15, 0.2) is 29.3 Å². The maximum absolute atomic E-state index is 5.46. The maximum atomic E-state index is 5.46. The van der Waals surface area contributed by atoms with Crippen molar-refractivity contribution < 1.29 is 4.74 Å². The number of ether oxygens (including phenoxy) is 1. The molecule has 0 amide bonds. The molecular weight excluding hydrogens is 465 g/mol. The van der Waals surface area contributed by atoms with Crippen LogP contribution in [0.5, 0.6) is 0 Å². The van der Waals surface area contributed by atoms with Gasteiger partial charge in [-0.2, -0.15) is 0 Å². The summed E-state index contributed by atoms with van der Waals surface area (Å²) in [6, 6.07) is 9.97. The average molecular weight is 501 g/mol. The minimum atomic E-state index is 0. The first-order valence-corrected chi connectivity index (χ1v) is 10.2. The molecule has 1 aromatic carbocycles. The monoisotopic (exact) mass is 501 g/mol. The fourth-order valence-corrected chi connectivity index (χ4v) is 3.51. The lowest BCUT2D eigenvalue weighted by Gasteiger charge is -2.27. The summed E-state index contributed by atoms with van der Waals surface area (Å²) in [6.07, 6.45) is 2.68. The highest BCUT2D eigenvalue weighted by atomic mass is 127. The number of hydrogen-bond donors (Lipinski definition) is 2. The molecule has 3 rings (SSSR count). The van der Waals surface area contributed by atoms with Crippen LogP contribution in [0, 0.1) is 0 Å². The second-order valence-electron chi connectivity index (χ2n) is 7.71. The third-order valence-corrected chi connectivity index (χ3v) is 5.67. The van der Waals surface area contributed by atoms with E-state index in [1.165, 1.54) is 24.0 Å². The summed E-state index contributed by atoms with van der Waals surface area (Å²) in [5.41, 5.74) is 2.71. The summed E-state index contributed by atoms with van der Waals surface area (Å²) in [6.45, 7) is 8.64. The van der Waals surface area contributed by atoms with Crippen molar-refractivity contribution in [3.05, 3.63) is 35.4 Å². The van der Waals surface area contributed by atoms with Gasteiger partial charge >= 0.3 is 0 Å². The first-order chi connectivity index (χ1) is 13.2. The summed E-state index contributed by atoms with van der Waals surface area (Å²) in [7, 11) is 4.06. The van der Waals surface area contributed by atoms with Crippen LogP contribution in [0.4, 0.5) is 0 Å². The molecule has 0 aromatic heterocycles. The summed E-state index contributed by atoms with van der Waals surface area (Å²) in [4.78, 5) is 9.32. The van der Waals surface area contributed by atoms with E-state index in [0.29, 0.717) is 6.04 Å². The summed E-state index contributed by atoms with van der Waals surface area (Å²) in [5.74, 6) is 0.868. The predicted octanol–water partition coefficient (Wildman–Crippen LogP) is 2.28. The van der Waals surface area contributed by atoms with Crippen LogP contribution in [0.25, 0.3) is 0 Å². The molecule has 2 aliphatic rings. The first-order valence-electron chi connectivity index (χ1n) is 10.2. The lowest BCUT2D eigenvalue weighted by atomic mass is 10.1. The van der Waals surface area contributed by atoms with Gasteiger partial charge in [0.2, 0.25) is 0 Å². The van der Waals surface area contributed by atoms with Crippen molar-refractivity contribution in [3.63, 3.8) is 0 Å².